The van der Waals surface area contributed by atoms with Gasteiger partial charge in [0.15, 0.2) is 19.8 Å². The maximum atomic E-state index is 12.9. The smallest absolute Gasteiger partial charge is 0.230 e. The van der Waals surface area contributed by atoms with E-state index in [0.29, 0.717) is 36.3 Å². The van der Waals surface area contributed by atoms with E-state index in [-0.39, 0.29) is 17.6 Å². The zero-order valence-electron chi connectivity index (χ0n) is 17.8. The molecule has 0 aromatic rings. The van der Waals surface area contributed by atoms with Crippen LogP contribution in [-0.4, -0.2) is 50.9 Å². The van der Waals surface area contributed by atoms with E-state index in [1.807, 2.05) is 0 Å². The lowest BCUT2D eigenvalue weighted by Gasteiger charge is -2.45. The van der Waals surface area contributed by atoms with Gasteiger partial charge in [0.05, 0.1) is 12.5 Å². The summed E-state index contributed by atoms with van der Waals surface area (Å²) in [7, 11) is -0.192. The Morgan fingerprint density at radius 1 is 1.11 bits per heavy atom. The molecule has 1 amide bonds. The molecule has 0 radical (unpaired) electrons. The highest BCUT2D eigenvalue weighted by Crippen LogP contribution is 2.42. The molecule has 1 fully saturated rings. The van der Waals surface area contributed by atoms with Gasteiger partial charge in [0, 0.05) is 13.7 Å². The lowest BCUT2D eigenvalue weighted by Crippen LogP contribution is -2.57. The lowest BCUT2D eigenvalue weighted by molar-refractivity contribution is -0.176. The maximum Gasteiger partial charge on any atom is 0.230 e. The first kappa shape index (κ1) is 22.1. The van der Waals surface area contributed by atoms with Gasteiger partial charge in [-0.2, -0.15) is 0 Å². The van der Waals surface area contributed by atoms with Crippen LogP contribution in [0.5, 0.6) is 0 Å². The number of carbonyl (C=O) groups is 2. The number of amides is 1. The van der Waals surface area contributed by atoms with Gasteiger partial charge in [-0.25, -0.2) is 0 Å². The SMILES string of the molecule is CC(C)[Si](OCCC1COC2(C=CC(=O)C=C2)N(C)C1=O)(C(C)C)C(C)C. The topological polar surface area (TPSA) is 55.8 Å². The number of nitrogens with zero attached hydrogens (tertiary/aromatic N) is 1. The molecule has 1 aliphatic carbocycles. The van der Waals surface area contributed by atoms with Crippen molar-refractivity contribution < 1.29 is 18.8 Å². The van der Waals surface area contributed by atoms with Crippen LogP contribution in [-0.2, 0) is 18.8 Å². The van der Waals surface area contributed by atoms with E-state index in [4.69, 9.17) is 9.16 Å². The average molecular weight is 394 g/mol. The first-order valence-corrected chi connectivity index (χ1v) is 12.2. The Morgan fingerprint density at radius 2 is 1.63 bits per heavy atom. The molecular formula is C21H35NO4Si. The zero-order valence-corrected chi connectivity index (χ0v) is 18.8. The van der Waals surface area contributed by atoms with Crippen molar-refractivity contribution in [2.75, 3.05) is 20.3 Å². The van der Waals surface area contributed by atoms with Gasteiger partial charge in [0.25, 0.3) is 0 Å². The van der Waals surface area contributed by atoms with E-state index < -0.39 is 14.0 Å². The Hall–Kier alpha value is -1.24. The van der Waals surface area contributed by atoms with Crippen molar-refractivity contribution in [1.82, 2.24) is 4.90 Å². The van der Waals surface area contributed by atoms with Crippen LogP contribution in [0.15, 0.2) is 24.3 Å². The van der Waals surface area contributed by atoms with Crippen molar-refractivity contribution in [3.05, 3.63) is 24.3 Å². The molecule has 0 N–H and O–H groups in total. The third-order valence-electron chi connectivity index (χ3n) is 6.22. The molecule has 1 saturated heterocycles. The highest BCUT2D eigenvalue weighted by Gasteiger charge is 2.46. The van der Waals surface area contributed by atoms with Crippen LogP contribution in [0.1, 0.15) is 48.0 Å². The molecule has 5 nitrogen and oxygen atoms in total. The van der Waals surface area contributed by atoms with Gasteiger partial charge in [-0.3, -0.25) is 9.59 Å². The average Bonchev–Trinajstić information content (AvgIpc) is 2.59. The lowest BCUT2D eigenvalue weighted by atomic mass is 9.97. The van der Waals surface area contributed by atoms with Crippen LogP contribution in [0.4, 0.5) is 0 Å². The summed E-state index contributed by atoms with van der Waals surface area (Å²) in [6.07, 6.45) is 6.90. The molecule has 1 heterocycles. The molecule has 0 aromatic carbocycles. The van der Waals surface area contributed by atoms with E-state index in [9.17, 15) is 9.59 Å². The van der Waals surface area contributed by atoms with Gasteiger partial charge in [0.2, 0.25) is 5.91 Å². The summed E-state index contributed by atoms with van der Waals surface area (Å²) in [5.41, 5.74) is 0.652. The largest absolute Gasteiger partial charge is 0.416 e. The first-order chi connectivity index (χ1) is 12.6. The first-order valence-electron chi connectivity index (χ1n) is 10.0. The normalized spacial score (nSPS) is 22.7. The molecule has 0 saturated carbocycles. The number of ketones is 1. The third-order valence-corrected chi connectivity index (χ3v) is 12.3. The minimum absolute atomic E-state index is 0.0411. The number of ether oxygens (including phenoxy) is 1. The van der Waals surface area contributed by atoms with Crippen molar-refractivity contribution in [2.24, 2.45) is 5.92 Å². The molecule has 6 heteroatoms. The second-order valence-electron chi connectivity index (χ2n) is 8.68. The Kier molecular flexibility index (Phi) is 6.87. The summed E-state index contributed by atoms with van der Waals surface area (Å²) in [6.45, 7) is 14.5. The molecular weight excluding hydrogens is 358 g/mol. The number of rotatable bonds is 7. The Bertz CT molecular complexity index is 586. The summed E-state index contributed by atoms with van der Waals surface area (Å²) in [6, 6.07) is 0. The molecule has 27 heavy (non-hydrogen) atoms. The number of hydrogen-bond acceptors (Lipinski definition) is 4. The van der Waals surface area contributed by atoms with Gasteiger partial charge in [0.1, 0.15) is 0 Å². The second kappa shape index (κ2) is 8.41. The van der Waals surface area contributed by atoms with E-state index >= 15 is 0 Å². The molecule has 0 bridgehead atoms. The predicted molar refractivity (Wildman–Crippen MR) is 110 cm³/mol. The summed E-state index contributed by atoms with van der Waals surface area (Å²) in [5, 5.41) is 0. The Balaban J connectivity index is 2.02. The van der Waals surface area contributed by atoms with Crippen LogP contribution < -0.4 is 0 Å². The Morgan fingerprint density at radius 3 is 2.11 bits per heavy atom. The number of hydrogen-bond donors (Lipinski definition) is 0. The Labute approximate surface area is 164 Å². The predicted octanol–water partition coefficient (Wildman–Crippen LogP) is 4.06. The molecule has 1 atom stereocenters. The van der Waals surface area contributed by atoms with E-state index in [2.05, 4.69) is 41.5 Å². The van der Waals surface area contributed by atoms with Gasteiger partial charge < -0.3 is 14.1 Å². The van der Waals surface area contributed by atoms with Crippen molar-refractivity contribution in [3.63, 3.8) is 0 Å². The van der Waals surface area contributed by atoms with Crippen molar-refractivity contribution in [2.45, 2.75) is 70.3 Å². The fourth-order valence-electron chi connectivity index (χ4n) is 4.77. The van der Waals surface area contributed by atoms with Crippen molar-refractivity contribution >= 4 is 20.0 Å². The van der Waals surface area contributed by atoms with Gasteiger partial charge in [-0.05, 0) is 47.3 Å². The number of carbonyl (C=O) groups excluding carboxylic acids is 2. The van der Waals surface area contributed by atoms with Crippen LogP contribution in [0, 0.1) is 5.92 Å². The highest BCUT2D eigenvalue weighted by molar-refractivity contribution is 6.77. The standard InChI is InChI=1S/C21H35NO4Si/c1-15(2)27(16(3)4,17(5)6)26-13-10-18-14-25-21(22(7)20(18)24)11-8-19(23)9-12-21/h8-9,11-12,15-18H,10,13-14H2,1-7H3. The fourth-order valence-corrected chi connectivity index (χ4v) is 10.2. The third kappa shape index (κ3) is 4.12. The molecule has 2 aliphatic rings. The van der Waals surface area contributed by atoms with Gasteiger partial charge in [-0.15, -0.1) is 0 Å². The monoisotopic (exact) mass is 393 g/mol. The van der Waals surface area contributed by atoms with Crippen LogP contribution in [0.25, 0.3) is 0 Å². The summed E-state index contributed by atoms with van der Waals surface area (Å²) in [5.74, 6) is -0.254. The molecule has 1 spiro atoms. The number of likely N-dealkylation sites (N-methyl/N-ethyl adjacent to an activating group) is 1. The van der Waals surface area contributed by atoms with Gasteiger partial charge >= 0.3 is 0 Å². The minimum Gasteiger partial charge on any atom is -0.416 e. The maximum absolute atomic E-state index is 12.9. The molecule has 1 unspecified atom stereocenters. The number of allylic oxidation sites excluding steroid dienone is 2. The van der Waals surface area contributed by atoms with E-state index in [1.165, 1.54) is 12.2 Å². The van der Waals surface area contributed by atoms with Crippen LogP contribution in [0.3, 0.4) is 0 Å². The summed E-state index contributed by atoms with van der Waals surface area (Å²) < 4.78 is 12.6. The fraction of sp³-hybridized carbons (Fsp3) is 0.714. The second-order valence-corrected chi connectivity index (χ2v) is 14.1. The quantitative estimate of drug-likeness (QED) is 0.612. The van der Waals surface area contributed by atoms with E-state index in [1.54, 1.807) is 24.1 Å². The van der Waals surface area contributed by atoms with Crippen molar-refractivity contribution in [3.8, 4) is 0 Å². The minimum atomic E-state index is -1.92. The zero-order chi connectivity index (χ0) is 20.4. The molecule has 1 aliphatic heterocycles. The highest BCUT2D eigenvalue weighted by atomic mass is 28.4. The molecule has 0 aromatic heterocycles. The van der Waals surface area contributed by atoms with E-state index in [0.717, 1.165) is 0 Å². The summed E-state index contributed by atoms with van der Waals surface area (Å²) >= 11 is 0. The summed E-state index contributed by atoms with van der Waals surface area (Å²) in [4.78, 5) is 25.9. The van der Waals surface area contributed by atoms with Crippen LogP contribution in [0.2, 0.25) is 16.6 Å². The molecule has 2 rings (SSSR count). The van der Waals surface area contributed by atoms with Crippen molar-refractivity contribution in [1.29, 1.82) is 0 Å². The molecule has 152 valence electrons. The van der Waals surface area contributed by atoms with Gasteiger partial charge in [-0.1, -0.05) is 41.5 Å². The van der Waals surface area contributed by atoms with Crippen LogP contribution >= 0.6 is 0 Å².